The summed E-state index contributed by atoms with van der Waals surface area (Å²) in [5.41, 5.74) is 1.34. The van der Waals surface area contributed by atoms with E-state index in [0.29, 0.717) is 32.5 Å². The molecule has 0 aliphatic heterocycles. The first-order chi connectivity index (χ1) is 17.8. The lowest BCUT2D eigenvalue weighted by Crippen LogP contribution is -2.33. The Kier molecular flexibility index (Phi) is 10.2. The van der Waals surface area contributed by atoms with E-state index in [2.05, 4.69) is 22.5 Å². The molecule has 0 spiro atoms. The minimum atomic E-state index is -0.507. The smallest absolute Gasteiger partial charge is 0.407 e. The van der Waals surface area contributed by atoms with Crippen molar-refractivity contribution >= 4 is 23.0 Å². The molecule has 7 heteroatoms. The van der Waals surface area contributed by atoms with Gasteiger partial charge in [0.05, 0.1) is 6.61 Å². The molecule has 194 valence electrons. The summed E-state index contributed by atoms with van der Waals surface area (Å²) in [5.74, 6) is 6.99. The Morgan fingerprint density at radius 3 is 2.38 bits per heavy atom. The van der Waals surface area contributed by atoms with E-state index >= 15 is 0 Å². The van der Waals surface area contributed by atoms with E-state index in [1.807, 2.05) is 87.5 Å². The lowest BCUT2D eigenvalue weighted by molar-refractivity contribution is 0.0525. The Labute approximate surface area is 218 Å². The van der Waals surface area contributed by atoms with Crippen LogP contribution >= 0.6 is 0 Å². The van der Waals surface area contributed by atoms with Crippen molar-refractivity contribution in [2.75, 3.05) is 19.7 Å². The molecule has 37 heavy (non-hydrogen) atoms. The van der Waals surface area contributed by atoms with Gasteiger partial charge in [0.1, 0.15) is 18.0 Å². The van der Waals surface area contributed by atoms with Crippen LogP contribution in [-0.2, 0) is 16.1 Å². The Balaban J connectivity index is 1.37. The lowest BCUT2D eigenvalue weighted by atomic mass is 10.1. The number of fused-ring (bicyclic) bond motifs is 1. The van der Waals surface area contributed by atoms with E-state index in [0.717, 1.165) is 27.6 Å². The first-order valence-electron chi connectivity index (χ1n) is 12.4. The van der Waals surface area contributed by atoms with E-state index in [1.165, 1.54) is 0 Å². The highest BCUT2D eigenvalue weighted by atomic mass is 16.6. The highest BCUT2D eigenvalue weighted by Gasteiger charge is 2.15. The third kappa shape index (κ3) is 10.5. The topological polar surface area (TPSA) is 85.9 Å². The van der Waals surface area contributed by atoms with Crippen LogP contribution in [0.1, 0.15) is 44.7 Å². The van der Waals surface area contributed by atoms with Crippen molar-refractivity contribution in [3.05, 3.63) is 77.9 Å². The summed E-state index contributed by atoms with van der Waals surface area (Å²) in [6.45, 7) is 7.12. The summed E-state index contributed by atoms with van der Waals surface area (Å²) >= 11 is 0. The summed E-state index contributed by atoms with van der Waals surface area (Å²) in [7, 11) is 0. The monoisotopic (exact) mass is 502 g/mol. The van der Waals surface area contributed by atoms with Gasteiger partial charge in [-0.15, -0.1) is 0 Å². The summed E-state index contributed by atoms with van der Waals surface area (Å²) in [6.07, 6.45) is 0.322. The van der Waals surface area contributed by atoms with Gasteiger partial charge >= 0.3 is 12.2 Å². The number of rotatable bonds is 9. The molecule has 0 saturated heterocycles. The standard InChI is InChI=1S/C30H34N2O5/c1-30(2,3)37-29(34)32-18-9-19-35-27-16-15-25-20-23(13-14-26(25)21-27)10-7-8-17-31-28(33)36-22-24-11-5-4-6-12-24/h4-6,11-16,20-21H,8-9,17-19,22H2,1-3H3,(H,31,33)(H,32,34). The van der Waals surface area contributed by atoms with Crippen molar-refractivity contribution in [3.8, 4) is 17.6 Å². The summed E-state index contributed by atoms with van der Waals surface area (Å²) in [6, 6.07) is 21.5. The fourth-order valence-corrected chi connectivity index (χ4v) is 3.32. The first-order valence-corrected chi connectivity index (χ1v) is 12.4. The molecule has 2 amide bonds. The minimum absolute atomic E-state index is 0.244. The number of alkyl carbamates (subject to hydrolysis) is 2. The Bertz CT molecular complexity index is 1240. The van der Waals surface area contributed by atoms with Gasteiger partial charge in [-0.2, -0.15) is 0 Å². The van der Waals surface area contributed by atoms with Gasteiger partial charge in [0.2, 0.25) is 0 Å². The number of hydrogen-bond donors (Lipinski definition) is 2. The molecule has 0 aliphatic rings. The van der Waals surface area contributed by atoms with Gasteiger partial charge in [-0.05, 0) is 67.8 Å². The SMILES string of the molecule is CC(C)(C)OC(=O)NCCCOc1ccc2cc(C#CCCNC(=O)OCc3ccccc3)ccc2c1. The van der Waals surface area contributed by atoms with E-state index in [4.69, 9.17) is 14.2 Å². The number of nitrogens with one attached hydrogen (secondary N) is 2. The van der Waals surface area contributed by atoms with Crippen LogP contribution in [0.5, 0.6) is 5.75 Å². The average Bonchev–Trinajstić information content (AvgIpc) is 2.86. The Morgan fingerprint density at radius 2 is 1.59 bits per heavy atom. The molecule has 0 saturated carbocycles. The summed E-state index contributed by atoms with van der Waals surface area (Å²) < 4.78 is 16.2. The van der Waals surface area contributed by atoms with Gasteiger partial charge in [0.25, 0.3) is 0 Å². The van der Waals surface area contributed by atoms with Crippen molar-refractivity contribution in [2.24, 2.45) is 0 Å². The molecule has 3 aromatic rings. The maximum Gasteiger partial charge on any atom is 0.407 e. The minimum Gasteiger partial charge on any atom is -0.494 e. The molecule has 0 atom stereocenters. The number of carbonyl (C=O) groups excluding carboxylic acids is 2. The van der Waals surface area contributed by atoms with E-state index < -0.39 is 17.8 Å². The molecule has 0 aromatic heterocycles. The second-order valence-corrected chi connectivity index (χ2v) is 9.39. The summed E-state index contributed by atoms with van der Waals surface area (Å²) in [5, 5.41) is 7.55. The molecule has 3 aromatic carbocycles. The molecule has 0 fully saturated rings. The van der Waals surface area contributed by atoms with Crippen molar-refractivity contribution in [3.63, 3.8) is 0 Å². The van der Waals surface area contributed by atoms with E-state index in [1.54, 1.807) is 0 Å². The molecule has 0 unspecified atom stereocenters. The first kappa shape index (κ1) is 27.4. The third-order valence-corrected chi connectivity index (χ3v) is 5.03. The van der Waals surface area contributed by atoms with Gasteiger partial charge in [-0.25, -0.2) is 9.59 Å². The van der Waals surface area contributed by atoms with Crippen LogP contribution in [0, 0.1) is 11.8 Å². The second-order valence-electron chi connectivity index (χ2n) is 9.39. The quantitative estimate of drug-likeness (QED) is 0.285. The zero-order valence-electron chi connectivity index (χ0n) is 21.6. The van der Waals surface area contributed by atoms with Crippen molar-refractivity contribution in [1.29, 1.82) is 0 Å². The Morgan fingerprint density at radius 1 is 0.865 bits per heavy atom. The highest BCUT2D eigenvalue weighted by molar-refractivity contribution is 5.85. The fourth-order valence-electron chi connectivity index (χ4n) is 3.32. The maximum absolute atomic E-state index is 11.8. The van der Waals surface area contributed by atoms with Crippen molar-refractivity contribution < 1.29 is 23.8 Å². The van der Waals surface area contributed by atoms with E-state index in [9.17, 15) is 9.59 Å². The molecule has 3 rings (SSSR count). The summed E-state index contributed by atoms with van der Waals surface area (Å²) in [4.78, 5) is 23.4. The molecule has 2 N–H and O–H groups in total. The number of ether oxygens (including phenoxy) is 3. The largest absolute Gasteiger partial charge is 0.494 e. The zero-order chi connectivity index (χ0) is 26.5. The van der Waals surface area contributed by atoms with Crippen molar-refractivity contribution in [2.45, 2.75) is 45.8 Å². The van der Waals surface area contributed by atoms with Gasteiger partial charge in [0.15, 0.2) is 0 Å². The number of carbonyl (C=O) groups is 2. The number of benzene rings is 3. The lowest BCUT2D eigenvalue weighted by Gasteiger charge is -2.19. The predicted octanol–water partition coefficient (Wildman–Crippen LogP) is 5.80. The average molecular weight is 503 g/mol. The molecule has 7 nitrogen and oxygen atoms in total. The van der Waals surface area contributed by atoms with Crippen LogP contribution in [0.3, 0.4) is 0 Å². The van der Waals surface area contributed by atoms with Crippen LogP contribution in [-0.4, -0.2) is 37.5 Å². The molecule has 0 heterocycles. The number of amides is 2. The molecular formula is C30H34N2O5. The highest BCUT2D eigenvalue weighted by Crippen LogP contribution is 2.22. The normalized spacial score (nSPS) is 10.7. The zero-order valence-corrected chi connectivity index (χ0v) is 21.6. The van der Waals surface area contributed by atoms with Crippen LogP contribution in [0.15, 0.2) is 66.7 Å². The molecule has 0 aliphatic carbocycles. The predicted molar refractivity (Wildman–Crippen MR) is 144 cm³/mol. The van der Waals surface area contributed by atoms with Crippen LogP contribution in [0.2, 0.25) is 0 Å². The van der Waals surface area contributed by atoms with Gasteiger partial charge in [0, 0.05) is 25.1 Å². The maximum atomic E-state index is 11.8. The fraction of sp³-hybridized carbons (Fsp3) is 0.333. The van der Waals surface area contributed by atoms with Crippen LogP contribution < -0.4 is 15.4 Å². The van der Waals surface area contributed by atoms with E-state index in [-0.39, 0.29) is 6.61 Å². The van der Waals surface area contributed by atoms with Gasteiger partial charge in [-0.1, -0.05) is 54.3 Å². The van der Waals surface area contributed by atoms with Crippen molar-refractivity contribution in [1.82, 2.24) is 10.6 Å². The molecule has 0 radical (unpaired) electrons. The Hall–Kier alpha value is -4.18. The molecular weight excluding hydrogens is 468 g/mol. The van der Waals surface area contributed by atoms with Crippen LogP contribution in [0.4, 0.5) is 9.59 Å². The van der Waals surface area contributed by atoms with Gasteiger partial charge in [-0.3, -0.25) is 0 Å². The van der Waals surface area contributed by atoms with Crippen LogP contribution in [0.25, 0.3) is 10.8 Å². The third-order valence-electron chi connectivity index (χ3n) is 5.03. The second kappa shape index (κ2) is 13.8. The molecule has 0 bridgehead atoms. The van der Waals surface area contributed by atoms with Gasteiger partial charge < -0.3 is 24.8 Å². The number of hydrogen-bond acceptors (Lipinski definition) is 5.